The summed E-state index contributed by atoms with van der Waals surface area (Å²) in [7, 11) is 1.69. The van der Waals surface area contributed by atoms with Crippen LogP contribution < -0.4 is 16.2 Å². The van der Waals surface area contributed by atoms with Gasteiger partial charge in [-0.05, 0) is 48.1 Å². The smallest absolute Gasteiger partial charge is 0.320 e. The number of benzene rings is 2. The lowest BCUT2D eigenvalue weighted by Gasteiger charge is -2.40. The molecular weight excluding hydrogens is 466 g/mol. The van der Waals surface area contributed by atoms with Crippen molar-refractivity contribution in [3.05, 3.63) is 100.0 Å². The Morgan fingerprint density at radius 1 is 1.08 bits per heavy atom. The molecule has 2 heterocycles. The molecule has 0 aliphatic heterocycles. The molecule has 2 aromatic carbocycles. The van der Waals surface area contributed by atoms with E-state index in [9.17, 15) is 14.7 Å². The number of aryl methyl sites for hydroxylation is 1. The number of nitrogens with zero attached hydrogens (tertiary/aromatic N) is 3. The van der Waals surface area contributed by atoms with E-state index in [1.165, 1.54) is 10.6 Å². The van der Waals surface area contributed by atoms with Gasteiger partial charge in [-0.3, -0.25) is 10.1 Å². The van der Waals surface area contributed by atoms with Gasteiger partial charge in [-0.1, -0.05) is 56.3 Å². The van der Waals surface area contributed by atoms with Crippen LogP contribution in [0.3, 0.4) is 0 Å². The molecule has 37 heavy (non-hydrogen) atoms. The molecular formula is C29H31N5O3. The maximum absolute atomic E-state index is 13.3. The van der Waals surface area contributed by atoms with Crippen LogP contribution in [0.5, 0.6) is 0 Å². The van der Waals surface area contributed by atoms with Crippen LogP contribution in [0.15, 0.2) is 77.7 Å². The Kier molecular flexibility index (Phi) is 6.21. The minimum absolute atomic E-state index is 0.147. The van der Waals surface area contributed by atoms with Crippen LogP contribution in [0.1, 0.15) is 43.0 Å². The lowest BCUT2D eigenvalue weighted by Crippen LogP contribution is -2.45. The fourth-order valence-electron chi connectivity index (χ4n) is 5.17. The van der Waals surface area contributed by atoms with E-state index in [1.807, 2.05) is 61.5 Å². The number of fused-ring (bicyclic) bond motifs is 1. The van der Waals surface area contributed by atoms with Crippen LogP contribution in [-0.2, 0) is 12.5 Å². The fourth-order valence-corrected chi connectivity index (χ4v) is 5.17. The molecule has 1 aliphatic rings. The third-order valence-corrected chi connectivity index (χ3v) is 7.15. The van der Waals surface area contributed by atoms with E-state index in [0.29, 0.717) is 23.5 Å². The van der Waals surface area contributed by atoms with E-state index in [1.54, 1.807) is 17.9 Å². The van der Waals surface area contributed by atoms with E-state index in [0.717, 1.165) is 22.4 Å². The number of rotatable bonds is 4. The predicted molar refractivity (Wildman–Crippen MR) is 144 cm³/mol. The van der Waals surface area contributed by atoms with Gasteiger partial charge in [0.05, 0.1) is 23.5 Å². The van der Waals surface area contributed by atoms with Crippen molar-refractivity contribution >= 4 is 11.8 Å². The Morgan fingerprint density at radius 2 is 1.78 bits per heavy atom. The second-order valence-electron chi connectivity index (χ2n) is 10.3. The maximum Gasteiger partial charge on any atom is 0.320 e. The second kappa shape index (κ2) is 9.37. The highest BCUT2D eigenvalue weighted by Crippen LogP contribution is 2.41. The van der Waals surface area contributed by atoms with Crippen LogP contribution in [0.2, 0.25) is 0 Å². The Bertz CT molecular complexity index is 1520. The molecule has 2 amide bonds. The number of aliphatic hydroxyl groups excluding tert-OH is 1. The molecule has 4 aromatic rings. The Balaban J connectivity index is 1.50. The van der Waals surface area contributed by atoms with Crippen molar-refractivity contribution in [3.8, 4) is 16.9 Å². The normalized spacial score (nSPS) is 18.2. The molecule has 190 valence electrons. The molecule has 0 radical (unpaired) electrons. The molecule has 0 saturated heterocycles. The second-order valence-corrected chi connectivity index (χ2v) is 10.3. The van der Waals surface area contributed by atoms with Gasteiger partial charge in [-0.25, -0.2) is 9.48 Å². The molecule has 8 heteroatoms. The Hall–Kier alpha value is -4.17. The van der Waals surface area contributed by atoms with Gasteiger partial charge >= 0.3 is 6.03 Å². The highest BCUT2D eigenvalue weighted by Gasteiger charge is 2.39. The summed E-state index contributed by atoms with van der Waals surface area (Å²) in [5.74, 6) is 0.485. The van der Waals surface area contributed by atoms with Crippen molar-refractivity contribution in [2.45, 2.75) is 44.8 Å². The lowest BCUT2D eigenvalue weighted by atomic mass is 9.70. The number of carbonyl (C=O) groups excluding carboxylic acids is 1. The summed E-state index contributed by atoms with van der Waals surface area (Å²) >= 11 is 0. The quantitative estimate of drug-likeness (QED) is 0.388. The molecule has 2 atom stereocenters. The zero-order chi connectivity index (χ0) is 26.3. The summed E-state index contributed by atoms with van der Waals surface area (Å²) in [6.07, 6.45) is 1.50. The van der Waals surface area contributed by atoms with Crippen LogP contribution >= 0.6 is 0 Å². The van der Waals surface area contributed by atoms with Crippen molar-refractivity contribution in [2.75, 3.05) is 5.32 Å². The summed E-state index contributed by atoms with van der Waals surface area (Å²) in [5.41, 5.74) is 4.43. The van der Waals surface area contributed by atoms with Gasteiger partial charge in [-0.15, -0.1) is 0 Å². The SMILES string of the molecule is Cc1c(-c2ccn(C)c(=O)c2)nn(-c2ccccc2)c1NC(=O)N[C@H]1c2ccccc2C(C)(C)C[C@@H]1O. The van der Waals surface area contributed by atoms with Crippen molar-refractivity contribution in [3.63, 3.8) is 0 Å². The minimum atomic E-state index is -0.730. The summed E-state index contributed by atoms with van der Waals surface area (Å²) in [4.78, 5) is 25.6. The van der Waals surface area contributed by atoms with Crippen LogP contribution in [-0.4, -0.2) is 31.6 Å². The van der Waals surface area contributed by atoms with E-state index >= 15 is 0 Å². The number of hydrogen-bond donors (Lipinski definition) is 3. The van der Waals surface area contributed by atoms with Gasteiger partial charge in [0.15, 0.2) is 0 Å². The number of aliphatic hydroxyl groups is 1. The first kappa shape index (κ1) is 24.5. The summed E-state index contributed by atoms with van der Waals surface area (Å²) in [5, 5.41) is 21.7. The van der Waals surface area contributed by atoms with Crippen molar-refractivity contribution in [1.29, 1.82) is 0 Å². The summed E-state index contributed by atoms with van der Waals surface area (Å²) in [6.45, 7) is 6.07. The van der Waals surface area contributed by atoms with Crippen LogP contribution in [0.25, 0.3) is 16.9 Å². The van der Waals surface area contributed by atoms with Gasteiger partial charge in [0.1, 0.15) is 5.82 Å². The van der Waals surface area contributed by atoms with Crippen molar-refractivity contribution < 1.29 is 9.90 Å². The third-order valence-electron chi connectivity index (χ3n) is 7.15. The monoisotopic (exact) mass is 497 g/mol. The van der Waals surface area contributed by atoms with Crippen LogP contribution in [0.4, 0.5) is 10.6 Å². The van der Waals surface area contributed by atoms with Gasteiger partial charge in [0.25, 0.3) is 5.56 Å². The first-order chi connectivity index (χ1) is 17.7. The summed E-state index contributed by atoms with van der Waals surface area (Å²) in [6, 6.07) is 19.8. The number of para-hydroxylation sites is 1. The number of anilines is 1. The van der Waals surface area contributed by atoms with E-state index in [-0.39, 0.29) is 11.0 Å². The van der Waals surface area contributed by atoms with Crippen LogP contribution in [0, 0.1) is 6.92 Å². The average Bonchev–Trinajstić information content (AvgIpc) is 3.19. The molecule has 1 aliphatic carbocycles. The molecule has 5 rings (SSSR count). The first-order valence-corrected chi connectivity index (χ1v) is 12.3. The third kappa shape index (κ3) is 4.56. The summed E-state index contributed by atoms with van der Waals surface area (Å²) < 4.78 is 3.16. The van der Waals surface area contributed by atoms with Crippen molar-refractivity contribution in [2.24, 2.45) is 7.05 Å². The largest absolute Gasteiger partial charge is 0.391 e. The van der Waals surface area contributed by atoms with Gasteiger partial charge in [0, 0.05) is 30.4 Å². The standard InChI is InChI=1S/C29H31N5O3/c1-18-25(19-14-15-33(4)24(36)16-19)32-34(20-10-6-5-7-11-20)27(18)31-28(37)30-26-21-12-8-9-13-22(21)29(2,3)17-23(26)35/h5-16,23,26,35H,17H2,1-4H3,(H2,30,31,37)/t23-,26-/m0/s1. The van der Waals surface area contributed by atoms with E-state index in [2.05, 4.69) is 30.5 Å². The number of carbonyl (C=O) groups is 1. The highest BCUT2D eigenvalue weighted by atomic mass is 16.3. The molecule has 0 saturated carbocycles. The Labute approximate surface area is 215 Å². The molecule has 0 unspecified atom stereocenters. The number of amides is 2. The molecule has 0 fully saturated rings. The molecule has 0 bridgehead atoms. The highest BCUT2D eigenvalue weighted by molar-refractivity contribution is 5.91. The average molecular weight is 498 g/mol. The van der Waals surface area contributed by atoms with Gasteiger partial charge in [0.2, 0.25) is 0 Å². The number of aromatic nitrogens is 3. The zero-order valence-corrected chi connectivity index (χ0v) is 21.4. The molecule has 3 N–H and O–H groups in total. The number of pyridine rings is 1. The van der Waals surface area contributed by atoms with Gasteiger partial charge in [-0.2, -0.15) is 5.10 Å². The fraction of sp³-hybridized carbons (Fsp3) is 0.276. The number of hydrogen-bond acceptors (Lipinski definition) is 4. The molecule has 2 aromatic heterocycles. The lowest BCUT2D eigenvalue weighted by molar-refractivity contribution is 0.0883. The predicted octanol–water partition coefficient (Wildman–Crippen LogP) is 4.45. The zero-order valence-electron chi connectivity index (χ0n) is 21.4. The first-order valence-electron chi connectivity index (χ1n) is 12.3. The number of urea groups is 1. The Morgan fingerprint density at radius 3 is 2.51 bits per heavy atom. The van der Waals surface area contributed by atoms with Gasteiger partial charge < -0.3 is 15.0 Å². The maximum atomic E-state index is 13.3. The molecule has 8 nitrogen and oxygen atoms in total. The van der Waals surface area contributed by atoms with Crippen molar-refractivity contribution in [1.82, 2.24) is 19.7 Å². The molecule has 0 spiro atoms. The topological polar surface area (TPSA) is 101 Å². The number of nitrogens with one attached hydrogen (secondary N) is 2. The van der Waals surface area contributed by atoms with E-state index < -0.39 is 18.2 Å². The van der Waals surface area contributed by atoms with E-state index in [4.69, 9.17) is 5.10 Å². The minimum Gasteiger partial charge on any atom is -0.391 e.